The minimum absolute atomic E-state index is 0. The zero-order chi connectivity index (χ0) is 17.6. The van der Waals surface area contributed by atoms with Crippen molar-refractivity contribution in [2.24, 2.45) is 5.73 Å². The lowest BCUT2D eigenvalue weighted by Gasteiger charge is -2.30. The maximum Gasteiger partial charge on any atom is 0.118 e. The van der Waals surface area contributed by atoms with Gasteiger partial charge in [-0.1, -0.05) is 42.5 Å². The van der Waals surface area contributed by atoms with Crippen LogP contribution < -0.4 is 15.8 Å². The van der Waals surface area contributed by atoms with E-state index in [2.05, 4.69) is 19.2 Å². The molecule has 0 aliphatic heterocycles. The fraction of sp³-hybridized carbons (Fsp3) is 0.400. The van der Waals surface area contributed by atoms with Crippen LogP contribution in [0.1, 0.15) is 25.0 Å². The predicted octanol–water partition coefficient (Wildman–Crippen LogP) is 2.87. The van der Waals surface area contributed by atoms with Gasteiger partial charge in [0.1, 0.15) is 5.75 Å². The molecule has 2 aromatic rings. The topological polar surface area (TPSA) is 67.5 Å². The molecule has 0 amide bonds. The number of aliphatic hydroxyl groups is 1. The van der Waals surface area contributed by atoms with Crippen LogP contribution in [0.4, 0.5) is 0 Å². The number of aliphatic hydroxyl groups excluding tert-OH is 1. The summed E-state index contributed by atoms with van der Waals surface area (Å²) in [4.78, 5) is 0. The highest BCUT2D eigenvalue weighted by atomic mass is 35.5. The van der Waals surface area contributed by atoms with Crippen molar-refractivity contribution in [1.82, 2.24) is 5.32 Å². The normalized spacial score (nSPS) is 13.6. The standard InChI is InChI=1S/C20H28N2O2.ClH/c1-20(2,16-9-11-17(24-3)12-10-16)22-14-19(23)18(21)13-15-7-5-4-6-8-15;/h4-12,18-19,22-23H,13-14,21H2,1-3H3;1H/t18-,19+;/m0./s1. The van der Waals surface area contributed by atoms with Gasteiger partial charge in [-0.15, -0.1) is 12.4 Å². The number of ether oxygens (including phenoxy) is 1. The highest BCUT2D eigenvalue weighted by molar-refractivity contribution is 5.85. The van der Waals surface area contributed by atoms with Gasteiger partial charge in [0.25, 0.3) is 0 Å². The quantitative estimate of drug-likeness (QED) is 0.673. The van der Waals surface area contributed by atoms with E-state index in [0.717, 1.165) is 16.9 Å². The first-order chi connectivity index (χ1) is 11.4. The molecule has 0 aliphatic carbocycles. The Hall–Kier alpha value is -1.59. The Morgan fingerprint density at radius 2 is 1.68 bits per heavy atom. The van der Waals surface area contributed by atoms with E-state index in [1.807, 2.05) is 54.6 Å². The van der Waals surface area contributed by atoms with Crippen LogP contribution in [0, 0.1) is 0 Å². The lowest BCUT2D eigenvalue weighted by molar-refractivity contribution is 0.131. The molecule has 5 heteroatoms. The van der Waals surface area contributed by atoms with Crippen LogP contribution >= 0.6 is 12.4 Å². The van der Waals surface area contributed by atoms with Crippen molar-refractivity contribution in [2.75, 3.05) is 13.7 Å². The largest absolute Gasteiger partial charge is 0.497 e. The van der Waals surface area contributed by atoms with Crippen LogP contribution in [0.3, 0.4) is 0 Å². The Labute approximate surface area is 156 Å². The molecule has 0 heterocycles. The molecule has 2 rings (SSSR count). The van der Waals surface area contributed by atoms with Crippen LogP contribution in [0.25, 0.3) is 0 Å². The first-order valence-electron chi connectivity index (χ1n) is 8.29. The lowest BCUT2D eigenvalue weighted by Crippen LogP contribution is -2.48. The van der Waals surface area contributed by atoms with Crippen LogP contribution in [-0.4, -0.2) is 30.9 Å². The molecule has 2 aromatic carbocycles. The van der Waals surface area contributed by atoms with Gasteiger partial charge in [0, 0.05) is 18.1 Å². The summed E-state index contributed by atoms with van der Waals surface area (Å²) >= 11 is 0. The van der Waals surface area contributed by atoms with Gasteiger partial charge in [-0.3, -0.25) is 0 Å². The van der Waals surface area contributed by atoms with Gasteiger partial charge in [-0.05, 0) is 43.5 Å². The third kappa shape index (κ3) is 6.33. The minimum atomic E-state index is -0.609. The molecule has 25 heavy (non-hydrogen) atoms. The Morgan fingerprint density at radius 1 is 1.08 bits per heavy atom. The molecule has 0 saturated heterocycles. The van der Waals surface area contributed by atoms with E-state index >= 15 is 0 Å². The summed E-state index contributed by atoms with van der Waals surface area (Å²) in [7, 11) is 1.66. The number of benzene rings is 2. The highest BCUT2D eigenvalue weighted by Gasteiger charge is 2.23. The molecular weight excluding hydrogens is 336 g/mol. The summed E-state index contributed by atoms with van der Waals surface area (Å²) in [5.41, 5.74) is 8.15. The van der Waals surface area contributed by atoms with Gasteiger partial charge in [-0.2, -0.15) is 0 Å². The Morgan fingerprint density at radius 3 is 2.24 bits per heavy atom. The second kappa shape index (κ2) is 9.78. The van der Waals surface area contributed by atoms with Gasteiger partial charge in [0.15, 0.2) is 0 Å². The molecule has 0 fully saturated rings. The van der Waals surface area contributed by atoms with E-state index < -0.39 is 6.10 Å². The SMILES string of the molecule is COc1ccc(C(C)(C)NC[C@@H](O)[C@@H](N)Cc2ccccc2)cc1.Cl. The Kier molecular flexibility index (Phi) is 8.39. The van der Waals surface area contributed by atoms with Crippen molar-refractivity contribution in [3.05, 3.63) is 65.7 Å². The van der Waals surface area contributed by atoms with Crippen molar-refractivity contribution in [2.45, 2.75) is 38.0 Å². The Bertz CT molecular complexity index is 617. The molecule has 138 valence electrons. The summed E-state index contributed by atoms with van der Waals surface area (Å²) < 4.78 is 5.19. The van der Waals surface area contributed by atoms with E-state index in [1.54, 1.807) is 7.11 Å². The van der Waals surface area contributed by atoms with Gasteiger partial charge in [0.2, 0.25) is 0 Å². The predicted molar refractivity (Wildman–Crippen MR) is 105 cm³/mol. The molecule has 0 bridgehead atoms. The number of hydrogen-bond donors (Lipinski definition) is 3. The molecule has 0 aliphatic rings. The summed E-state index contributed by atoms with van der Waals surface area (Å²) in [6.45, 7) is 4.61. The zero-order valence-corrected chi connectivity index (χ0v) is 15.9. The van der Waals surface area contributed by atoms with E-state index in [4.69, 9.17) is 10.5 Å². The number of nitrogens with two attached hydrogens (primary N) is 1. The van der Waals surface area contributed by atoms with E-state index in [-0.39, 0.29) is 24.0 Å². The Balaban J connectivity index is 0.00000312. The maximum absolute atomic E-state index is 10.4. The minimum Gasteiger partial charge on any atom is -0.497 e. The molecule has 0 unspecified atom stereocenters. The average Bonchev–Trinajstić information content (AvgIpc) is 2.60. The zero-order valence-electron chi connectivity index (χ0n) is 15.1. The number of nitrogens with one attached hydrogen (secondary N) is 1. The van der Waals surface area contributed by atoms with E-state index in [9.17, 15) is 5.11 Å². The second-order valence-electron chi connectivity index (χ2n) is 6.66. The maximum atomic E-state index is 10.4. The van der Waals surface area contributed by atoms with Crippen molar-refractivity contribution in [3.63, 3.8) is 0 Å². The third-order valence-electron chi connectivity index (χ3n) is 4.37. The average molecular weight is 365 g/mol. The van der Waals surface area contributed by atoms with Gasteiger partial charge < -0.3 is 20.9 Å². The van der Waals surface area contributed by atoms with Crippen molar-refractivity contribution >= 4 is 12.4 Å². The van der Waals surface area contributed by atoms with Crippen LogP contribution in [0.2, 0.25) is 0 Å². The molecule has 0 spiro atoms. The smallest absolute Gasteiger partial charge is 0.118 e. The molecule has 0 aromatic heterocycles. The number of rotatable bonds is 8. The molecular formula is C20H29ClN2O2. The summed E-state index contributed by atoms with van der Waals surface area (Å²) in [6, 6.07) is 17.6. The van der Waals surface area contributed by atoms with Gasteiger partial charge >= 0.3 is 0 Å². The first-order valence-corrected chi connectivity index (χ1v) is 8.29. The van der Waals surface area contributed by atoms with Gasteiger partial charge in [0.05, 0.1) is 13.2 Å². The fourth-order valence-corrected chi connectivity index (χ4v) is 2.64. The highest BCUT2D eigenvalue weighted by Crippen LogP contribution is 2.22. The molecule has 4 nitrogen and oxygen atoms in total. The van der Waals surface area contributed by atoms with Gasteiger partial charge in [-0.25, -0.2) is 0 Å². The number of halogens is 1. The summed E-state index contributed by atoms with van der Waals surface area (Å²) in [5, 5.41) is 13.8. The van der Waals surface area contributed by atoms with Crippen molar-refractivity contribution in [1.29, 1.82) is 0 Å². The monoisotopic (exact) mass is 364 g/mol. The lowest BCUT2D eigenvalue weighted by atomic mass is 9.93. The van der Waals surface area contributed by atoms with Crippen LogP contribution in [-0.2, 0) is 12.0 Å². The van der Waals surface area contributed by atoms with Crippen LogP contribution in [0.15, 0.2) is 54.6 Å². The van der Waals surface area contributed by atoms with Crippen molar-refractivity contribution in [3.8, 4) is 5.75 Å². The van der Waals surface area contributed by atoms with E-state index in [0.29, 0.717) is 13.0 Å². The molecule has 0 saturated carbocycles. The number of hydrogen-bond acceptors (Lipinski definition) is 4. The summed E-state index contributed by atoms with van der Waals surface area (Å²) in [6.07, 6.45) is 0.0508. The first kappa shape index (κ1) is 21.5. The molecule has 0 radical (unpaired) electrons. The number of methoxy groups -OCH3 is 1. The van der Waals surface area contributed by atoms with Crippen LogP contribution in [0.5, 0.6) is 5.75 Å². The summed E-state index contributed by atoms with van der Waals surface area (Å²) in [5.74, 6) is 0.833. The third-order valence-corrected chi connectivity index (χ3v) is 4.37. The molecule has 4 N–H and O–H groups in total. The van der Waals surface area contributed by atoms with Crippen molar-refractivity contribution < 1.29 is 9.84 Å². The van der Waals surface area contributed by atoms with E-state index in [1.165, 1.54) is 0 Å². The fourth-order valence-electron chi connectivity index (χ4n) is 2.64. The second-order valence-corrected chi connectivity index (χ2v) is 6.66. The molecule has 2 atom stereocenters.